The molecular weight excluding hydrogens is 408 g/mol. The highest BCUT2D eigenvalue weighted by Crippen LogP contribution is 2.31. The molecule has 1 aliphatic rings. The van der Waals surface area contributed by atoms with Gasteiger partial charge in [0, 0.05) is 47.4 Å². The minimum atomic E-state index is -0.381. The summed E-state index contributed by atoms with van der Waals surface area (Å²) in [5.74, 6) is -0.307. The van der Waals surface area contributed by atoms with Crippen LogP contribution in [0.3, 0.4) is 0 Å². The summed E-state index contributed by atoms with van der Waals surface area (Å²) in [6, 6.07) is 7.32. The normalized spacial score (nSPS) is 13.7. The molecule has 32 heavy (non-hydrogen) atoms. The molecule has 4 heterocycles. The number of carbonyl (C=O) groups is 2. The number of pyridine rings is 1. The van der Waals surface area contributed by atoms with E-state index in [1.54, 1.807) is 6.07 Å². The number of aromatic amines is 1. The summed E-state index contributed by atoms with van der Waals surface area (Å²) in [5.41, 5.74) is 5.96. The summed E-state index contributed by atoms with van der Waals surface area (Å²) in [5, 5.41) is 5.63. The van der Waals surface area contributed by atoms with Crippen molar-refractivity contribution in [3.05, 3.63) is 58.0 Å². The summed E-state index contributed by atoms with van der Waals surface area (Å²) in [6.45, 7) is 6.92. The molecular formula is C24H24N4O4. The number of amides is 1. The van der Waals surface area contributed by atoms with Crippen molar-refractivity contribution in [2.24, 2.45) is 0 Å². The second-order valence-electron chi connectivity index (χ2n) is 8.51. The number of hydrogen-bond donors (Lipinski definition) is 1. The van der Waals surface area contributed by atoms with Crippen molar-refractivity contribution in [3.63, 3.8) is 0 Å². The fraction of sp³-hybridized carbons (Fsp3) is 0.333. The smallest absolute Gasteiger partial charge is 0.337 e. The standard InChI is InChI=1S/C24H24N4O4/c1-12(2)20-10-16(21-13(3)27-32-22(21)26-20)23(29)28-8-7-19-17(11-28)15-9-14(24(30)31-4)5-6-18(15)25-19/h5-6,9-10,12,25H,7-8,11H2,1-4H3. The summed E-state index contributed by atoms with van der Waals surface area (Å²) >= 11 is 0. The van der Waals surface area contributed by atoms with Crippen LogP contribution in [0, 0.1) is 6.92 Å². The van der Waals surface area contributed by atoms with E-state index in [9.17, 15) is 9.59 Å². The minimum Gasteiger partial charge on any atom is -0.465 e. The van der Waals surface area contributed by atoms with Crippen LogP contribution in [0.5, 0.6) is 0 Å². The predicted octanol–water partition coefficient (Wildman–Crippen LogP) is 4.12. The Hall–Kier alpha value is -3.68. The maximum Gasteiger partial charge on any atom is 0.337 e. The molecule has 0 fully saturated rings. The zero-order valence-electron chi connectivity index (χ0n) is 18.5. The van der Waals surface area contributed by atoms with Crippen LogP contribution >= 0.6 is 0 Å². The van der Waals surface area contributed by atoms with Crippen molar-refractivity contribution in [2.45, 2.75) is 39.7 Å². The number of hydrogen-bond acceptors (Lipinski definition) is 6. The van der Waals surface area contributed by atoms with Gasteiger partial charge in [-0.1, -0.05) is 19.0 Å². The monoisotopic (exact) mass is 432 g/mol. The van der Waals surface area contributed by atoms with E-state index in [1.165, 1.54) is 7.11 Å². The maximum absolute atomic E-state index is 13.7. The summed E-state index contributed by atoms with van der Waals surface area (Å²) < 4.78 is 10.2. The van der Waals surface area contributed by atoms with Crippen LogP contribution in [0.15, 0.2) is 28.8 Å². The molecule has 8 heteroatoms. The average molecular weight is 432 g/mol. The van der Waals surface area contributed by atoms with E-state index in [-0.39, 0.29) is 17.8 Å². The molecule has 1 N–H and O–H groups in total. The number of nitrogens with zero attached hydrogens (tertiary/aromatic N) is 3. The molecule has 1 amide bonds. The molecule has 0 saturated carbocycles. The van der Waals surface area contributed by atoms with Crippen LogP contribution in [-0.4, -0.2) is 45.6 Å². The molecule has 1 aliphatic heterocycles. The topological polar surface area (TPSA) is 101 Å². The first-order valence-corrected chi connectivity index (χ1v) is 10.7. The van der Waals surface area contributed by atoms with Crippen LogP contribution in [0.1, 0.15) is 63.1 Å². The van der Waals surface area contributed by atoms with Gasteiger partial charge in [0.05, 0.1) is 29.3 Å². The molecule has 164 valence electrons. The van der Waals surface area contributed by atoms with Crippen LogP contribution in [0.4, 0.5) is 0 Å². The van der Waals surface area contributed by atoms with Crippen molar-refractivity contribution < 1.29 is 18.8 Å². The SMILES string of the molecule is COC(=O)c1ccc2[nH]c3c(c2c1)CN(C(=O)c1cc(C(C)C)nc2onc(C)c12)CC3. The van der Waals surface area contributed by atoms with E-state index in [1.807, 2.05) is 43.9 Å². The molecule has 0 unspecified atom stereocenters. The van der Waals surface area contributed by atoms with Crippen LogP contribution in [0.25, 0.3) is 22.0 Å². The number of aryl methyl sites for hydroxylation is 1. The maximum atomic E-state index is 13.7. The first-order chi connectivity index (χ1) is 15.4. The van der Waals surface area contributed by atoms with Gasteiger partial charge in [0.15, 0.2) is 0 Å². The van der Waals surface area contributed by atoms with Crippen LogP contribution in [0.2, 0.25) is 0 Å². The lowest BCUT2D eigenvalue weighted by molar-refractivity contribution is 0.0600. The highest BCUT2D eigenvalue weighted by molar-refractivity contribution is 6.06. The lowest BCUT2D eigenvalue weighted by Gasteiger charge is -2.28. The number of esters is 1. The fourth-order valence-corrected chi connectivity index (χ4v) is 4.38. The third-order valence-electron chi connectivity index (χ3n) is 6.14. The number of ether oxygens (including phenoxy) is 1. The number of H-pyrrole nitrogens is 1. The van der Waals surface area contributed by atoms with Gasteiger partial charge in [-0.05, 0) is 37.1 Å². The highest BCUT2D eigenvalue weighted by Gasteiger charge is 2.28. The zero-order valence-corrected chi connectivity index (χ0v) is 18.5. The summed E-state index contributed by atoms with van der Waals surface area (Å²) in [6.07, 6.45) is 0.706. The molecule has 4 aromatic rings. The average Bonchev–Trinajstić information content (AvgIpc) is 3.36. The Morgan fingerprint density at radius 3 is 2.81 bits per heavy atom. The van der Waals surface area contributed by atoms with Crippen molar-refractivity contribution in [1.82, 2.24) is 20.0 Å². The van der Waals surface area contributed by atoms with Crippen LogP contribution < -0.4 is 0 Å². The second kappa shape index (κ2) is 7.47. The third kappa shape index (κ3) is 3.14. The molecule has 0 atom stereocenters. The van der Waals surface area contributed by atoms with Crippen LogP contribution in [-0.2, 0) is 17.7 Å². The van der Waals surface area contributed by atoms with Gasteiger partial charge >= 0.3 is 5.97 Å². The number of methoxy groups -OCH3 is 1. The third-order valence-corrected chi connectivity index (χ3v) is 6.14. The van der Waals surface area contributed by atoms with Crippen molar-refractivity contribution >= 4 is 33.9 Å². The molecule has 0 radical (unpaired) electrons. The fourth-order valence-electron chi connectivity index (χ4n) is 4.38. The molecule has 0 aliphatic carbocycles. The number of nitrogens with one attached hydrogen (secondary N) is 1. The number of carbonyl (C=O) groups excluding carboxylic acids is 2. The van der Waals surface area contributed by atoms with E-state index in [2.05, 4.69) is 15.1 Å². The molecule has 8 nitrogen and oxygen atoms in total. The van der Waals surface area contributed by atoms with Gasteiger partial charge in [-0.25, -0.2) is 9.78 Å². The number of aromatic nitrogens is 3. The number of rotatable bonds is 3. The first-order valence-electron chi connectivity index (χ1n) is 10.7. The van der Waals surface area contributed by atoms with E-state index in [4.69, 9.17) is 9.26 Å². The zero-order chi connectivity index (χ0) is 22.6. The molecule has 5 rings (SSSR count). The largest absolute Gasteiger partial charge is 0.465 e. The van der Waals surface area contributed by atoms with Crippen molar-refractivity contribution in [1.29, 1.82) is 0 Å². The lowest BCUT2D eigenvalue weighted by atomic mass is 10.00. The van der Waals surface area contributed by atoms with Crippen molar-refractivity contribution in [3.8, 4) is 0 Å². The number of benzene rings is 1. The van der Waals surface area contributed by atoms with Gasteiger partial charge in [-0.15, -0.1) is 0 Å². The van der Waals surface area contributed by atoms with E-state index < -0.39 is 0 Å². The van der Waals surface area contributed by atoms with E-state index in [0.29, 0.717) is 47.4 Å². The first kappa shape index (κ1) is 20.2. The lowest BCUT2D eigenvalue weighted by Crippen LogP contribution is -2.36. The van der Waals surface area contributed by atoms with E-state index >= 15 is 0 Å². The summed E-state index contributed by atoms with van der Waals surface area (Å²) in [7, 11) is 1.37. The molecule has 0 bridgehead atoms. The van der Waals surface area contributed by atoms with Gasteiger partial charge in [-0.3, -0.25) is 4.79 Å². The molecule has 0 spiro atoms. The Morgan fingerprint density at radius 2 is 2.06 bits per heavy atom. The van der Waals surface area contributed by atoms with Gasteiger partial charge in [0.25, 0.3) is 11.6 Å². The molecule has 1 aromatic carbocycles. The Kier molecular flexibility index (Phi) is 4.73. The Bertz CT molecular complexity index is 1380. The van der Waals surface area contributed by atoms with Gasteiger partial charge in [-0.2, -0.15) is 0 Å². The van der Waals surface area contributed by atoms with E-state index in [0.717, 1.165) is 27.9 Å². The Labute approximate surface area is 184 Å². The highest BCUT2D eigenvalue weighted by atomic mass is 16.5. The molecule has 0 saturated heterocycles. The number of fused-ring (bicyclic) bond motifs is 4. The Balaban J connectivity index is 1.55. The van der Waals surface area contributed by atoms with Gasteiger partial charge in [0.2, 0.25) is 0 Å². The van der Waals surface area contributed by atoms with Gasteiger partial charge in [0.1, 0.15) is 0 Å². The Morgan fingerprint density at radius 1 is 1.25 bits per heavy atom. The second-order valence-corrected chi connectivity index (χ2v) is 8.51. The molecule has 3 aromatic heterocycles. The van der Waals surface area contributed by atoms with Gasteiger partial charge < -0.3 is 19.1 Å². The summed E-state index contributed by atoms with van der Waals surface area (Å²) in [4.78, 5) is 35.5. The van der Waals surface area contributed by atoms with Crippen molar-refractivity contribution in [2.75, 3.05) is 13.7 Å². The minimum absolute atomic E-state index is 0.0743. The predicted molar refractivity (Wildman–Crippen MR) is 119 cm³/mol. The quantitative estimate of drug-likeness (QED) is 0.489.